The van der Waals surface area contributed by atoms with Crippen LogP contribution in [0, 0.1) is 0 Å². The Kier molecular flexibility index (Phi) is 2.67. The largest absolute Gasteiger partial charge is 0.311 e. The average molecular weight is 432 g/mol. The van der Waals surface area contributed by atoms with Crippen molar-refractivity contribution in [1.82, 2.24) is 14.1 Å². The Hall–Kier alpha value is -3.33. The highest BCUT2D eigenvalue weighted by molar-refractivity contribution is 5.85. The molecular weight excluding hydrogens is 390 g/mol. The maximum atomic E-state index is 9.01. The van der Waals surface area contributed by atoms with Crippen LogP contribution in [0.2, 0.25) is 0 Å². The van der Waals surface area contributed by atoms with Gasteiger partial charge in [0.05, 0.1) is 48.5 Å². The summed E-state index contributed by atoms with van der Waals surface area (Å²) in [6, 6.07) is -1.18. The summed E-state index contributed by atoms with van der Waals surface area (Å²) in [5.74, 6) is 0. The van der Waals surface area contributed by atoms with Gasteiger partial charge in [0.25, 0.3) is 0 Å². The zero-order valence-corrected chi connectivity index (χ0v) is 19.1. The number of aromatic nitrogens is 3. The van der Waals surface area contributed by atoms with Crippen LogP contribution in [0.4, 0.5) is 0 Å². The van der Waals surface area contributed by atoms with Crippen molar-refractivity contribution in [1.29, 1.82) is 0 Å². The van der Waals surface area contributed by atoms with E-state index in [-0.39, 0.29) is 58.1 Å². The molecule has 5 aromatic rings. The van der Waals surface area contributed by atoms with Gasteiger partial charge in [-0.05, 0) is 30.2 Å². The van der Waals surface area contributed by atoms with E-state index in [9.17, 15) is 0 Å². The standard InChI is InChI=1S/C29H31N3/c1-28(2,3)26-15-20-11-7-9-13-24(20)31(26)22-17-23(19-30-18-22)32-25-14-10-8-12-21(25)16-27(32)29(4,5)6/h7-19H,1-6H3/i7D,8D,9D,10D,11D,12D,13D,14D,15D,16D. The lowest BCUT2D eigenvalue weighted by Gasteiger charge is -2.24. The fourth-order valence-corrected chi connectivity index (χ4v) is 3.92. The molecule has 162 valence electrons. The van der Waals surface area contributed by atoms with E-state index in [4.69, 9.17) is 13.7 Å². The third kappa shape index (κ3) is 3.33. The summed E-state index contributed by atoms with van der Waals surface area (Å²) in [5, 5.41) is 0.196. The van der Waals surface area contributed by atoms with E-state index in [2.05, 4.69) is 4.98 Å². The maximum absolute atomic E-state index is 9.01. The first-order valence-corrected chi connectivity index (χ1v) is 10.5. The molecule has 0 amide bonds. The highest BCUT2D eigenvalue weighted by Crippen LogP contribution is 2.35. The number of para-hydroxylation sites is 2. The van der Waals surface area contributed by atoms with Crippen LogP contribution < -0.4 is 0 Å². The molecule has 0 bridgehead atoms. The van der Waals surface area contributed by atoms with E-state index in [1.54, 1.807) is 15.2 Å². The highest BCUT2D eigenvalue weighted by atomic mass is 15.0. The molecule has 0 fully saturated rings. The van der Waals surface area contributed by atoms with Gasteiger partial charge in [-0.25, -0.2) is 0 Å². The second kappa shape index (κ2) is 7.09. The van der Waals surface area contributed by atoms with Crippen LogP contribution in [0.15, 0.2) is 78.9 Å². The smallest absolute Gasteiger partial charge is 0.0663 e. The molecule has 0 spiro atoms. The third-order valence-electron chi connectivity index (χ3n) is 5.36. The van der Waals surface area contributed by atoms with Gasteiger partial charge in [-0.3, -0.25) is 4.98 Å². The maximum Gasteiger partial charge on any atom is 0.0663 e. The fraction of sp³-hybridized carbons (Fsp3) is 0.276. The summed E-state index contributed by atoms with van der Waals surface area (Å²) in [4.78, 5) is 4.45. The number of fused-ring (bicyclic) bond motifs is 2. The van der Waals surface area contributed by atoms with Gasteiger partial charge in [-0.1, -0.05) is 77.8 Å². The molecule has 0 aliphatic carbocycles. The number of nitrogens with zero attached hydrogens (tertiary/aromatic N) is 3. The van der Waals surface area contributed by atoms with Crippen molar-refractivity contribution in [3.63, 3.8) is 0 Å². The van der Waals surface area contributed by atoms with Gasteiger partial charge in [0, 0.05) is 33.0 Å². The van der Waals surface area contributed by atoms with E-state index in [0.29, 0.717) is 22.8 Å². The normalized spacial score (nSPS) is 17.1. The zero-order chi connectivity index (χ0) is 31.4. The van der Waals surface area contributed by atoms with Crippen molar-refractivity contribution in [3.8, 4) is 11.4 Å². The predicted molar refractivity (Wildman–Crippen MR) is 135 cm³/mol. The molecule has 2 aromatic carbocycles. The molecule has 0 N–H and O–H groups in total. The number of rotatable bonds is 2. The highest BCUT2D eigenvalue weighted by Gasteiger charge is 2.24. The van der Waals surface area contributed by atoms with Crippen molar-refractivity contribution in [3.05, 3.63) is 90.3 Å². The van der Waals surface area contributed by atoms with Gasteiger partial charge >= 0.3 is 0 Å². The monoisotopic (exact) mass is 431 g/mol. The molecule has 3 aromatic heterocycles. The Bertz CT molecular complexity index is 1820. The van der Waals surface area contributed by atoms with Gasteiger partial charge in [0.1, 0.15) is 0 Å². The fourth-order valence-electron chi connectivity index (χ4n) is 3.92. The quantitative estimate of drug-likeness (QED) is 0.283. The summed E-state index contributed by atoms with van der Waals surface area (Å²) >= 11 is 0. The van der Waals surface area contributed by atoms with Crippen molar-refractivity contribution in [2.75, 3.05) is 0 Å². The van der Waals surface area contributed by atoms with E-state index < -0.39 is 35.0 Å². The topological polar surface area (TPSA) is 22.8 Å². The van der Waals surface area contributed by atoms with Gasteiger partial charge in [0.15, 0.2) is 0 Å². The summed E-state index contributed by atoms with van der Waals surface area (Å²) in [6.45, 7) is 11.4. The molecule has 0 saturated carbocycles. The van der Waals surface area contributed by atoms with Crippen LogP contribution in [0.1, 0.15) is 66.6 Å². The van der Waals surface area contributed by atoms with Gasteiger partial charge < -0.3 is 9.13 Å². The first kappa shape index (κ1) is 12.1. The van der Waals surface area contributed by atoms with Crippen molar-refractivity contribution in [2.45, 2.75) is 52.4 Å². The van der Waals surface area contributed by atoms with Crippen LogP contribution >= 0.6 is 0 Å². The van der Waals surface area contributed by atoms with E-state index >= 15 is 0 Å². The van der Waals surface area contributed by atoms with Crippen molar-refractivity contribution < 1.29 is 13.7 Å². The molecule has 3 heteroatoms. The number of hydrogen-bond acceptors (Lipinski definition) is 1. The molecule has 0 atom stereocenters. The van der Waals surface area contributed by atoms with Crippen LogP contribution in [0.5, 0.6) is 0 Å². The zero-order valence-electron chi connectivity index (χ0n) is 29.1. The molecular formula is C29H31N3. The Labute approximate surface area is 204 Å². The van der Waals surface area contributed by atoms with Gasteiger partial charge in [-0.15, -0.1) is 0 Å². The Morgan fingerprint density at radius 3 is 1.47 bits per heavy atom. The second-order valence-electron chi connectivity index (χ2n) is 9.97. The molecule has 3 heterocycles. The number of benzene rings is 2. The van der Waals surface area contributed by atoms with Crippen LogP contribution in [-0.2, 0) is 10.8 Å². The van der Waals surface area contributed by atoms with Crippen LogP contribution in [0.25, 0.3) is 33.2 Å². The minimum absolute atomic E-state index is 0.0146. The van der Waals surface area contributed by atoms with Crippen LogP contribution in [0.3, 0.4) is 0 Å². The van der Waals surface area contributed by atoms with Crippen molar-refractivity contribution in [2.24, 2.45) is 0 Å². The molecule has 0 unspecified atom stereocenters. The van der Waals surface area contributed by atoms with Gasteiger partial charge in [0.2, 0.25) is 0 Å². The van der Waals surface area contributed by atoms with E-state index in [0.717, 1.165) is 0 Å². The van der Waals surface area contributed by atoms with E-state index in [1.807, 2.05) is 41.5 Å². The van der Waals surface area contributed by atoms with E-state index in [1.165, 1.54) is 12.4 Å². The number of pyridine rings is 1. The Balaban J connectivity index is 1.97. The second-order valence-corrected chi connectivity index (χ2v) is 9.97. The molecule has 0 aliphatic rings. The molecule has 0 aliphatic heterocycles. The lowest BCUT2D eigenvalue weighted by Crippen LogP contribution is -2.18. The predicted octanol–water partition coefficient (Wildman–Crippen LogP) is 7.56. The van der Waals surface area contributed by atoms with Crippen LogP contribution in [-0.4, -0.2) is 14.1 Å². The first-order valence-electron chi connectivity index (χ1n) is 15.5. The molecule has 32 heavy (non-hydrogen) atoms. The summed E-state index contributed by atoms with van der Waals surface area (Å²) in [6.07, 6.45) is 3.05. The minimum Gasteiger partial charge on any atom is -0.311 e. The molecule has 5 rings (SSSR count). The molecule has 3 nitrogen and oxygen atoms in total. The summed E-state index contributed by atoms with van der Waals surface area (Å²) in [5.41, 5.74) is 0.705. The number of hydrogen-bond donors (Lipinski definition) is 0. The Morgan fingerprint density at radius 1 is 0.656 bits per heavy atom. The first-order chi connectivity index (χ1) is 19.3. The van der Waals surface area contributed by atoms with Gasteiger partial charge in [-0.2, -0.15) is 0 Å². The minimum atomic E-state index is -0.653. The summed E-state index contributed by atoms with van der Waals surface area (Å²) in [7, 11) is 0. The SMILES string of the molecule is [2H]c1c([2H])c([2H])c2c(c1[2H])c([2H])c(C(C)(C)C)n2-c1cncc(-n2c(C(C)(C)C)c([2H])c3c([2H])c([2H])c([2H])c([2H])c32)c1. The summed E-state index contributed by atoms with van der Waals surface area (Å²) < 4.78 is 88.9. The molecule has 0 saturated heterocycles. The molecule has 0 radical (unpaired) electrons. The Morgan fingerprint density at radius 2 is 1.06 bits per heavy atom. The lowest BCUT2D eigenvalue weighted by molar-refractivity contribution is 0.557. The van der Waals surface area contributed by atoms with Crippen molar-refractivity contribution >= 4 is 21.8 Å². The third-order valence-corrected chi connectivity index (χ3v) is 5.36. The lowest BCUT2D eigenvalue weighted by atomic mass is 9.91. The average Bonchev–Trinajstić information content (AvgIpc) is 3.40.